The van der Waals surface area contributed by atoms with E-state index in [2.05, 4.69) is 25.8 Å². The molecule has 2 rings (SSSR count). The molecule has 2 heterocycles. The SMILES string of the molecule is CC1CC(N(C)CC2CO2)C(C)O1. The van der Waals surface area contributed by atoms with Gasteiger partial charge in [0.25, 0.3) is 0 Å². The van der Waals surface area contributed by atoms with Crippen molar-refractivity contribution in [3.8, 4) is 0 Å². The molecule has 76 valence electrons. The average molecular weight is 185 g/mol. The van der Waals surface area contributed by atoms with Gasteiger partial charge in [-0.15, -0.1) is 0 Å². The Labute approximate surface area is 80.0 Å². The van der Waals surface area contributed by atoms with E-state index in [1.807, 2.05) is 0 Å². The summed E-state index contributed by atoms with van der Waals surface area (Å²) in [6.07, 6.45) is 2.44. The molecule has 2 aliphatic rings. The van der Waals surface area contributed by atoms with Crippen LogP contribution in [0.25, 0.3) is 0 Å². The van der Waals surface area contributed by atoms with Gasteiger partial charge < -0.3 is 9.47 Å². The fourth-order valence-electron chi connectivity index (χ4n) is 2.21. The van der Waals surface area contributed by atoms with Gasteiger partial charge in [-0.2, -0.15) is 0 Å². The fraction of sp³-hybridized carbons (Fsp3) is 1.00. The monoisotopic (exact) mass is 185 g/mol. The first-order valence-electron chi connectivity index (χ1n) is 5.14. The Kier molecular flexibility index (Phi) is 2.58. The zero-order valence-corrected chi connectivity index (χ0v) is 8.69. The molecule has 0 amide bonds. The Morgan fingerprint density at radius 3 is 2.54 bits per heavy atom. The van der Waals surface area contributed by atoms with Crippen LogP contribution in [0.1, 0.15) is 20.3 Å². The molecule has 3 heteroatoms. The van der Waals surface area contributed by atoms with Crippen LogP contribution in [0.3, 0.4) is 0 Å². The van der Waals surface area contributed by atoms with Crippen molar-refractivity contribution in [1.82, 2.24) is 4.90 Å². The van der Waals surface area contributed by atoms with Crippen LogP contribution in [-0.2, 0) is 9.47 Å². The Morgan fingerprint density at radius 1 is 1.38 bits per heavy atom. The molecular weight excluding hydrogens is 166 g/mol. The molecule has 0 N–H and O–H groups in total. The van der Waals surface area contributed by atoms with Gasteiger partial charge in [0.05, 0.1) is 24.9 Å². The van der Waals surface area contributed by atoms with Crippen molar-refractivity contribution in [3.63, 3.8) is 0 Å². The third-order valence-corrected chi connectivity index (χ3v) is 3.02. The van der Waals surface area contributed by atoms with Gasteiger partial charge in [-0.1, -0.05) is 0 Å². The Morgan fingerprint density at radius 2 is 2.08 bits per heavy atom. The lowest BCUT2D eigenvalue weighted by atomic mass is 10.1. The molecular formula is C10H19NO2. The second kappa shape index (κ2) is 3.56. The number of nitrogens with zero attached hydrogens (tertiary/aromatic N) is 1. The van der Waals surface area contributed by atoms with E-state index in [1.54, 1.807) is 0 Å². The van der Waals surface area contributed by atoms with Crippen molar-refractivity contribution in [2.24, 2.45) is 0 Å². The molecule has 2 aliphatic heterocycles. The van der Waals surface area contributed by atoms with Gasteiger partial charge in [0, 0.05) is 12.6 Å². The minimum absolute atomic E-state index is 0.374. The summed E-state index contributed by atoms with van der Waals surface area (Å²) in [5, 5.41) is 0. The highest BCUT2D eigenvalue weighted by Crippen LogP contribution is 2.25. The highest BCUT2D eigenvalue weighted by Gasteiger charge is 2.35. The maximum Gasteiger partial charge on any atom is 0.0936 e. The fourth-order valence-corrected chi connectivity index (χ4v) is 2.21. The predicted molar refractivity (Wildman–Crippen MR) is 50.8 cm³/mol. The van der Waals surface area contributed by atoms with Crippen LogP contribution in [-0.4, -0.2) is 49.5 Å². The number of hydrogen-bond acceptors (Lipinski definition) is 3. The van der Waals surface area contributed by atoms with Crippen molar-refractivity contribution in [1.29, 1.82) is 0 Å². The van der Waals surface area contributed by atoms with Gasteiger partial charge in [0.2, 0.25) is 0 Å². The molecule has 4 unspecified atom stereocenters. The van der Waals surface area contributed by atoms with Gasteiger partial charge >= 0.3 is 0 Å². The Hall–Kier alpha value is -0.120. The summed E-state index contributed by atoms with van der Waals surface area (Å²) in [4.78, 5) is 2.38. The summed E-state index contributed by atoms with van der Waals surface area (Å²) in [5.74, 6) is 0. The molecule has 0 aliphatic carbocycles. The van der Waals surface area contributed by atoms with Gasteiger partial charge in [-0.3, -0.25) is 4.90 Å². The standard InChI is InChI=1S/C10H19NO2/c1-7-4-10(8(2)13-7)11(3)5-9-6-12-9/h7-10H,4-6H2,1-3H3. The van der Waals surface area contributed by atoms with Crippen LogP contribution in [0.4, 0.5) is 0 Å². The number of hydrogen-bond donors (Lipinski definition) is 0. The van der Waals surface area contributed by atoms with E-state index in [-0.39, 0.29) is 0 Å². The van der Waals surface area contributed by atoms with Crippen LogP contribution in [0.2, 0.25) is 0 Å². The third-order valence-electron chi connectivity index (χ3n) is 3.02. The van der Waals surface area contributed by atoms with E-state index in [0.717, 1.165) is 19.6 Å². The summed E-state index contributed by atoms with van der Waals surface area (Å²) in [6, 6.07) is 0.583. The van der Waals surface area contributed by atoms with E-state index in [1.165, 1.54) is 0 Å². The molecule has 0 aromatic rings. The predicted octanol–water partition coefficient (Wildman–Crippen LogP) is 0.883. The smallest absolute Gasteiger partial charge is 0.0936 e. The molecule has 2 fully saturated rings. The molecule has 4 atom stereocenters. The highest BCUT2D eigenvalue weighted by molar-refractivity contribution is 4.86. The first-order chi connectivity index (χ1) is 6.16. The van der Waals surface area contributed by atoms with E-state index in [0.29, 0.717) is 24.4 Å². The molecule has 0 aromatic carbocycles. The van der Waals surface area contributed by atoms with Crippen molar-refractivity contribution < 1.29 is 9.47 Å². The topological polar surface area (TPSA) is 25.0 Å². The number of ether oxygens (including phenoxy) is 2. The van der Waals surface area contributed by atoms with Crippen molar-refractivity contribution >= 4 is 0 Å². The molecule has 3 nitrogen and oxygen atoms in total. The van der Waals surface area contributed by atoms with Crippen molar-refractivity contribution in [2.45, 2.75) is 44.6 Å². The second-order valence-electron chi connectivity index (χ2n) is 4.35. The summed E-state index contributed by atoms with van der Waals surface area (Å²) in [7, 11) is 2.17. The van der Waals surface area contributed by atoms with Crippen LogP contribution >= 0.6 is 0 Å². The quantitative estimate of drug-likeness (QED) is 0.610. The highest BCUT2D eigenvalue weighted by atomic mass is 16.6. The van der Waals surface area contributed by atoms with Crippen molar-refractivity contribution in [3.05, 3.63) is 0 Å². The molecule has 0 spiro atoms. The van der Waals surface area contributed by atoms with E-state index in [9.17, 15) is 0 Å². The van der Waals surface area contributed by atoms with Gasteiger partial charge in [0.15, 0.2) is 0 Å². The Balaban J connectivity index is 1.83. The van der Waals surface area contributed by atoms with E-state index >= 15 is 0 Å². The Bertz CT molecular complexity index is 182. The number of rotatable bonds is 3. The third kappa shape index (κ3) is 2.22. The number of epoxide rings is 1. The maximum absolute atomic E-state index is 5.71. The van der Waals surface area contributed by atoms with Gasteiger partial charge in [-0.05, 0) is 27.3 Å². The van der Waals surface area contributed by atoms with Crippen LogP contribution in [0.15, 0.2) is 0 Å². The first kappa shape index (κ1) is 9.44. The number of likely N-dealkylation sites (N-methyl/N-ethyl adjacent to an activating group) is 1. The average Bonchev–Trinajstić information content (AvgIpc) is 2.77. The lowest BCUT2D eigenvalue weighted by Gasteiger charge is -2.25. The van der Waals surface area contributed by atoms with Gasteiger partial charge in [0.1, 0.15) is 0 Å². The largest absolute Gasteiger partial charge is 0.374 e. The van der Waals surface area contributed by atoms with E-state index < -0.39 is 0 Å². The molecule has 0 saturated carbocycles. The van der Waals surface area contributed by atoms with Crippen LogP contribution in [0, 0.1) is 0 Å². The minimum atomic E-state index is 0.374. The van der Waals surface area contributed by atoms with Gasteiger partial charge in [-0.25, -0.2) is 0 Å². The zero-order valence-electron chi connectivity index (χ0n) is 8.69. The van der Waals surface area contributed by atoms with E-state index in [4.69, 9.17) is 9.47 Å². The van der Waals surface area contributed by atoms with Crippen molar-refractivity contribution in [2.75, 3.05) is 20.2 Å². The molecule has 0 radical (unpaired) electrons. The van der Waals surface area contributed by atoms with Crippen LogP contribution in [0.5, 0.6) is 0 Å². The molecule has 2 saturated heterocycles. The molecule has 0 aromatic heterocycles. The summed E-state index contributed by atoms with van der Waals surface area (Å²) in [5.41, 5.74) is 0. The minimum Gasteiger partial charge on any atom is -0.374 e. The molecule has 13 heavy (non-hydrogen) atoms. The lowest BCUT2D eigenvalue weighted by molar-refractivity contribution is 0.0447. The summed E-state index contributed by atoms with van der Waals surface area (Å²) in [6.45, 7) is 6.32. The zero-order chi connectivity index (χ0) is 9.42. The second-order valence-corrected chi connectivity index (χ2v) is 4.35. The van der Waals surface area contributed by atoms with Crippen LogP contribution < -0.4 is 0 Å². The lowest BCUT2D eigenvalue weighted by Crippen LogP contribution is -2.38. The summed E-state index contributed by atoms with van der Waals surface area (Å²) < 4.78 is 10.9. The molecule has 0 bridgehead atoms. The first-order valence-corrected chi connectivity index (χ1v) is 5.14. The normalized spacial score (nSPS) is 44.3. The summed E-state index contributed by atoms with van der Waals surface area (Å²) >= 11 is 0. The maximum atomic E-state index is 5.71.